The van der Waals surface area contributed by atoms with Crippen LogP contribution < -0.4 is 0 Å². The van der Waals surface area contributed by atoms with E-state index in [4.69, 9.17) is 5.26 Å². The molecule has 0 aliphatic rings. The van der Waals surface area contributed by atoms with Gasteiger partial charge < -0.3 is 0 Å². The third-order valence-electron chi connectivity index (χ3n) is 2.04. The molecule has 0 radical (unpaired) electrons. The summed E-state index contributed by atoms with van der Waals surface area (Å²) in [4.78, 5) is 4.07. The molecule has 0 saturated carbocycles. The molecule has 0 N–H and O–H groups in total. The fraction of sp³-hybridized carbons (Fsp3) is 0.364. The van der Waals surface area contributed by atoms with E-state index < -0.39 is 0 Å². The first-order valence-corrected chi connectivity index (χ1v) is 4.94. The van der Waals surface area contributed by atoms with E-state index in [-0.39, 0.29) is 0 Å². The van der Waals surface area contributed by atoms with Crippen LogP contribution in [0.1, 0.15) is 30.8 Å². The van der Waals surface area contributed by atoms with E-state index in [2.05, 4.69) is 16.2 Å². The second-order valence-electron chi connectivity index (χ2n) is 2.93. The fourth-order valence-electron chi connectivity index (χ4n) is 1.49. The Hall–Kier alpha value is -1.89. The molecular weight excluding hydrogens is 188 g/mol. The Morgan fingerprint density at radius 2 is 2.00 bits per heavy atom. The Bertz CT molecular complexity index is 505. The summed E-state index contributed by atoms with van der Waals surface area (Å²) < 4.78 is 1.62. The quantitative estimate of drug-likeness (QED) is 0.658. The minimum atomic E-state index is 0.554. The van der Waals surface area contributed by atoms with Crippen LogP contribution in [0.5, 0.6) is 0 Å². The molecule has 0 amide bonds. The summed E-state index contributed by atoms with van der Waals surface area (Å²) in [6, 6.07) is 3.91. The molecule has 0 unspecified atom stereocenters. The highest BCUT2D eigenvalue weighted by Crippen LogP contribution is 2.15. The molecule has 2 rings (SSSR count). The third-order valence-corrected chi connectivity index (χ3v) is 2.04. The molecule has 2 aromatic rings. The molecular formula is C11H14N4. The van der Waals surface area contributed by atoms with Gasteiger partial charge >= 0.3 is 0 Å². The summed E-state index contributed by atoms with van der Waals surface area (Å²) in [5.74, 6) is 0. The second kappa shape index (κ2) is 4.56. The van der Waals surface area contributed by atoms with Crippen LogP contribution in [0.4, 0.5) is 0 Å². The maximum absolute atomic E-state index is 8.81. The molecule has 0 spiro atoms. The van der Waals surface area contributed by atoms with Gasteiger partial charge in [0.15, 0.2) is 0 Å². The third kappa shape index (κ3) is 1.82. The van der Waals surface area contributed by atoms with Crippen molar-refractivity contribution in [3.8, 4) is 6.07 Å². The minimum Gasteiger partial charge on any atom is -0.238 e. The fourth-order valence-corrected chi connectivity index (χ4v) is 1.49. The van der Waals surface area contributed by atoms with Gasteiger partial charge in [0.05, 0.1) is 11.2 Å². The van der Waals surface area contributed by atoms with Crippen molar-refractivity contribution in [2.24, 2.45) is 0 Å². The van der Waals surface area contributed by atoms with Gasteiger partial charge in [0, 0.05) is 0 Å². The van der Waals surface area contributed by atoms with Crippen molar-refractivity contribution in [1.29, 1.82) is 5.26 Å². The van der Waals surface area contributed by atoms with Gasteiger partial charge in [-0.2, -0.15) is 10.4 Å². The van der Waals surface area contributed by atoms with Gasteiger partial charge in [0.2, 0.25) is 0 Å². The molecule has 15 heavy (non-hydrogen) atoms. The molecule has 4 heteroatoms. The summed E-state index contributed by atoms with van der Waals surface area (Å²) in [5, 5.41) is 12.8. The monoisotopic (exact) mass is 202 g/mol. The van der Waals surface area contributed by atoms with Gasteiger partial charge in [-0.25, -0.2) is 9.50 Å². The molecule has 0 aliphatic carbocycles. The maximum atomic E-state index is 8.81. The van der Waals surface area contributed by atoms with Gasteiger partial charge in [0.1, 0.15) is 18.1 Å². The average molecular weight is 202 g/mol. The van der Waals surface area contributed by atoms with Gasteiger partial charge in [-0.05, 0) is 25.5 Å². The average Bonchev–Trinajstić information content (AvgIpc) is 2.60. The van der Waals surface area contributed by atoms with E-state index in [1.165, 1.54) is 6.33 Å². The first kappa shape index (κ1) is 11.2. The molecule has 0 atom stereocenters. The molecule has 0 aliphatic heterocycles. The normalized spacial score (nSPS) is 9.27. The molecule has 0 bridgehead atoms. The van der Waals surface area contributed by atoms with Crippen molar-refractivity contribution in [3.63, 3.8) is 0 Å². The zero-order chi connectivity index (χ0) is 11.4. The number of aryl methyl sites for hydroxylation is 2. The van der Waals surface area contributed by atoms with Crippen molar-refractivity contribution >= 4 is 5.52 Å². The smallest absolute Gasteiger partial charge is 0.143 e. The zero-order valence-electron chi connectivity index (χ0n) is 9.44. The predicted molar refractivity (Wildman–Crippen MR) is 58.5 cm³/mol. The van der Waals surface area contributed by atoms with Gasteiger partial charge in [-0.15, -0.1) is 0 Å². The summed E-state index contributed by atoms with van der Waals surface area (Å²) in [7, 11) is 0. The van der Waals surface area contributed by atoms with E-state index in [9.17, 15) is 0 Å². The lowest BCUT2D eigenvalue weighted by Crippen LogP contribution is -1.97. The van der Waals surface area contributed by atoms with Crippen LogP contribution in [-0.2, 0) is 0 Å². The molecule has 2 aromatic heterocycles. The largest absolute Gasteiger partial charge is 0.238 e. The van der Waals surface area contributed by atoms with Crippen LogP contribution in [0, 0.1) is 25.2 Å². The highest BCUT2D eigenvalue weighted by molar-refractivity contribution is 5.60. The lowest BCUT2D eigenvalue weighted by atomic mass is 10.2. The lowest BCUT2D eigenvalue weighted by molar-refractivity contribution is 0.874. The summed E-state index contributed by atoms with van der Waals surface area (Å²) in [6.07, 6.45) is 1.46. The second-order valence-corrected chi connectivity index (χ2v) is 2.93. The molecule has 0 aromatic carbocycles. The first-order chi connectivity index (χ1) is 7.24. The summed E-state index contributed by atoms with van der Waals surface area (Å²) >= 11 is 0. The Labute approximate surface area is 89.2 Å². The number of nitrogens with zero attached hydrogens (tertiary/aromatic N) is 4. The van der Waals surface area contributed by atoms with Crippen molar-refractivity contribution in [2.75, 3.05) is 0 Å². The predicted octanol–water partition coefficient (Wildman–Crippen LogP) is 2.24. The molecule has 78 valence electrons. The number of fused-ring (bicyclic) bond motifs is 1. The highest BCUT2D eigenvalue weighted by atomic mass is 15.2. The van der Waals surface area contributed by atoms with Crippen molar-refractivity contribution in [1.82, 2.24) is 14.6 Å². The van der Waals surface area contributed by atoms with E-state index >= 15 is 0 Å². The van der Waals surface area contributed by atoms with E-state index in [1.807, 2.05) is 33.8 Å². The standard InChI is InChI=1S/C9H8N4.C2H6/c1-6-3-8(4-10)13-9(6)7(2)11-5-12-13;1-2/h3,5H,1-2H3;1-2H3. The molecule has 4 nitrogen and oxygen atoms in total. The van der Waals surface area contributed by atoms with Gasteiger partial charge in [-0.3, -0.25) is 0 Å². The number of nitriles is 1. The van der Waals surface area contributed by atoms with E-state index in [0.717, 1.165) is 16.8 Å². The number of aromatic nitrogens is 3. The summed E-state index contributed by atoms with van der Waals surface area (Å²) in [6.45, 7) is 7.86. The Balaban J connectivity index is 0.000000531. The number of hydrogen-bond donors (Lipinski definition) is 0. The Morgan fingerprint density at radius 1 is 1.33 bits per heavy atom. The van der Waals surface area contributed by atoms with Crippen LogP contribution >= 0.6 is 0 Å². The SMILES string of the molecule is CC.Cc1cc(C#N)n2ncnc(C)c12. The van der Waals surface area contributed by atoms with Crippen LogP contribution in [-0.4, -0.2) is 14.6 Å². The Kier molecular flexibility index (Phi) is 3.40. The van der Waals surface area contributed by atoms with Crippen LogP contribution in [0.3, 0.4) is 0 Å². The van der Waals surface area contributed by atoms with Crippen LogP contribution in [0.25, 0.3) is 5.52 Å². The van der Waals surface area contributed by atoms with E-state index in [0.29, 0.717) is 5.69 Å². The van der Waals surface area contributed by atoms with Gasteiger partial charge in [-0.1, -0.05) is 13.8 Å². The lowest BCUT2D eigenvalue weighted by Gasteiger charge is -1.97. The zero-order valence-corrected chi connectivity index (χ0v) is 9.44. The highest BCUT2D eigenvalue weighted by Gasteiger charge is 2.08. The Morgan fingerprint density at radius 3 is 2.60 bits per heavy atom. The number of hydrogen-bond acceptors (Lipinski definition) is 3. The van der Waals surface area contributed by atoms with Crippen molar-refractivity contribution in [3.05, 3.63) is 29.3 Å². The summed E-state index contributed by atoms with van der Waals surface area (Å²) in [5.41, 5.74) is 3.42. The molecule has 2 heterocycles. The molecule has 0 saturated heterocycles. The van der Waals surface area contributed by atoms with Crippen LogP contribution in [0.15, 0.2) is 12.4 Å². The van der Waals surface area contributed by atoms with Crippen molar-refractivity contribution < 1.29 is 0 Å². The van der Waals surface area contributed by atoms with E-state index in [1.54, 1.807) is 4.52 Å². The topological polar surface area (TPSA) is 54.0 Å². The van der Waals surface area contributed by atoms with Crippen LogP contribution in [0.2, 0.25) is 0 Å². The first-order valence-electron chi connectivity index (χ1n) is 4.94. The maximum Gasteiger partial charge on any atom is 0.143 e. The van der Waals surface area contributed by atoms with Gasteiger partial charge in [0.25, 0.3) is 0 Å². The van der Waals surface area contributed by atoms with Crippen molar-refractivity contribution in [2.45, 2.75) is 27.7 Å². The molecule has 0 fully saturated rings. The number of rotatable bonds is 0. The minimum absolute atomic E-state index is 0.554.